The molecule has 33 heavy (non-hydrogen) atoms. The molecule has 2 aliphatic rings. The number of benzene rings is 2. The summed E-state index contributed by atoms with van der Waals surface area (Å²) in [5, 5.41) is 6.26. The molecule has 0 unspecified atom stereocenters. The Bertz CT molecular complexity index is 1050. The first-order chi connectivity index (χ1) is 15.9. The monoisotopic (exact) mass is 469 g/mol. The van der Waals surface area contributed by atoms with Crippen LogP contribution in [0.15, 0.2) is 65.6 Å². The summed E-state index contributed by atoms with van der Waals surface area (Å²) in [5.41, 5.74) is 0.611. The van der Waals surface area contributed by atoms with Gasteiger partial charge in [-0.1, -0.05) is 49.2 Å². The minimum atomic E-state index is -3.53. The molecule has 0 aromatic heterocycles. The molecule has 1 aliphatic heterocycles. The van der Waals surface area contributed by atoms with Crippen molar-refractivity contribution in [3.63, 3.8) is 0 Å². The Morgan fingerprint density at radius 2 is 1.30 bits per heavy atom. The van der Waals surface area contributed by atoms with E-state index in [0.717, 1.165) is 25.7 Å². The van der Waals surface area contributed by atoms with E-state index in [2.05, 4.69) is 10.6 Å². The van der Waals surface area contributed by atoms with Crippen LogP contribution in [-0.2, 0) is 14.8 Å². The topological polar surface area (TPSA) is 95.6 Å². The van der Waals surface area contributed by atoms with Gasteiger partial charge in [0.15, 0.2) is 0 Å². The van der Waals surface area contributed by atoms with Gasteiger partial charge >= 0.3 is 0 Å². The van der Waals surface area contributed by atoms with Crippen molar-refractivity contribution in [2.45, 2.75) is 55.5 Å². The van der Waals surface area contributed by atoms with Gasteiger partial charge in [0.2, 0.25) is 15.9 Å². The third-order valence-corrected chi connectivity index (χ3v) is 8.56. The van der Waals surface area contributed by atoms with E-state index in [-0.39, 0.29) is 34.7 Å². The van der Waals surface area contributed by atoms with E-state index in [9.17, 15) is 18.0 Å². The van der Waals surface area contributed by atoms with Crippen LogP contribution in [-0.4, -0.2) is 49.7 Å². The van der Waals surface area contributed by atoms with Crippen LogP contribution in [0.2, 0.25) is 0 Å². The van der Waals surface area contributed by atoms with Gasteiger partial charge in [0.05, 0.1) is 4.90 Å². The predicted molar refractivity (Wildman–Crippen MR) is 126 cm³/mol. The van der Waals surface area contributed by atoms with Crippen LogP contribution in [0, 0.1) is 5.92 Å². The summed E-state index contributed by atoms with van der Waals surface area (Å²) in [4.78, 5) is 25.9. The number of amides is 2. The molecule has 1 aliphatic carbocycles. The maximum Gasteiger partial charge on any atom is 0.251 e. The fraction of sp³-hybridized carbons (Fsp3) is 0.440. The molecule has 0 bridgehead atoms. The van der Waals surface area contributed by atoms with Gasteiger partial charge in [-0.05, 0) is 49.9 Å². The van der Waals surface area contributed by atoms with Crippen molar-refractivity contribution in [3.05, 3.63) is 66.2 Å². The Morgan fingerprint density at radius 3 is 1.91 bits per heavy atom. The zero-order valence-corrected chi connectivity index (χ0v) is 19.5. The van der Waals surface area contributed by atoms with E-state index in [1.165, 1.54) is 4.31 Å². The highest BCUT2D eigenvalue weighted by Gasteiger charge is 2.34. The van der Waals surface area contributed by atoms with E-state index in [4.69, 9.17) is 0 Å². The lowest BCUT2D eigenvalue weighted by Gasteiger charge is -2.35. The van der Waals surface area contributed by atoms with Gasteiger partial charge in [0.1, 0.15) is 0 Å². The largest absolute Gasteiger partial charge is 0.351 e. The van der Waals surface area contributed by atoms with Gasteiger partial charge in [0, 0.05) is 36.7 Å². The maximum absolute atomic E-state index is 13.0. The molecule has 8 heteroatoms. The summed E-state index contributed by atoms with van der Waals surface area (Å²) >= 11 is 0. The lowest BCUT2D eigenvalue weighted by Crippen LogP contribution is -2.55. The van der Waals surface area contributed by atoms with Crippen molar-refractivity contribution in [2.24, 2.45) is 5.92 Å². The number of sulfonamides is 1. The third-order valence-electron chi connectivity index (χ3n) is 6.65. The van der Waals surface area contributed by atoms with E-state index in [1.807, 2.05) is 18.2 Å². The highest BCUT2D eigenvalue weighted by atomic mass is 32.2. The van der Waals surface area contributed by atoms with Crippen LogP contribution >= 0.6 is 0 Å². The molecule has 2 amide bonds. The van der Waals surface area contributed by atoms with Gasteiger partial charge < -0.3 is 10.6 Å². The number of carbonyl (C=O) groups excluding carboxylic acids is 2. The zero-order valence-electron chi connectivity index (χ0n) is 18.7. The molecular formula is C25H31N3O4S. The molecule has 4 rings (SSSR count). The van der Waals surface area contributed by atoms with Gasteiger partial charge in [-0.15, -0.1) is 0 Å². The SMILES string of the molecule is O=C(N[C@@H]1CCCC[C@H]1NC(=O)C1CCN(S(=O)(=O)c2ccccc2)CC1)c1ccccc1. The molecular weight excluding hydrogens is 438 g/mol. The molecule has 0 spiro atoms. The van der Waals surface area contributed by atoms with Crippen LogP contribution in [0.3, 0.4) is 0 Å². The van der Waals surface area contributed by atoms with E-state index < -0.39 is 10.0 Å². The molecule has 0 radical (unpaired) electrons. The zero-order chi connectivity index (χ0) is 23.3. The number of nitrogens with zero attached hydrogens (tertiary/aromatic N) is 1. The Morgan fingerprint density at radius 1 is 0.758 bits per heavy atom. The Labute approximate surface area is 195 Å². The molecule has 2 aromatic rings. The fourth-order valence-corrected chi connectivity index (χ4v) is 6.21. The normalized spacial score (nSPS) is 22.4. The van der Waals surface area contributed by atoms with Crippen molar-refractivity contribution < 1.29 is 18.0 Å². The second kappa shape index (κ2) is 10.5. The minimum Gasteiger partial charge on any atom is -0.351 e. The molecule has 2 aromatic carbocycles. The average molecular weight is 470 g/mol. The summed E-state index contributed by atoms with van der Waals surface area (Å²) in [6.45, 7) is 0.655. The summed E-state index contributed by atoms with van der Waals surface area (Å²) in [6, 6.07) is 17.3. The summed E-state index contributed by atoms with van der Waals surface area (Å²) in [7, 11) is -3.53. The first-order valence-electron chi connectivity index (χ1n) is 11.7. The molecule has 2 fully saturated rings. The van der Waals surface area contributed by atoms with Crippen molar-refractivity contribution in [2.75, 3.05) is 13.1 Å². The highest BCUT2D eigenvalue weighted by Crippen LogP contribution is 2.25. The molecule has 1 heterocycles. The Kier molecular flexibility index (Phi) is 7.45. The van der Waals surface area contributed by atoms with Gasteiger partial charge in [-0.2, -0.15) is 4.31 Å². The third kappa shape index (κ3) is 5.62. The molecule has 176 valence electrons. The van der Waals surface area contributed by atoms with Crippen molar-refractivity contribution >= 4 is 21.8 Å². The first kappa shape index (κ1) is 23.4. The summed E-state index contributed by atoms with van der Waals surface area (Å²) < 4.78 is 27.1. The molecule has 7 nitrogen and oxygen atoms in total. The van der Waals surface area contributed by atoms with Gasteiger partial charge in [-0.3, -0.25) is 9.59 Å². The quantitative estimate of drug-likeness (QED) is 0.680. The summed E-state index contributed by atoms with van der Waals surface area (Å²) in [5.74, 6) is -0.390. The summed E-state index contributed by atoms with van der Waals surface area (Å²) in [6.07, 6.45) is 4.67. The fourth-order valence-electron chi connectivity index (χ4n) is 4.72. The molecule has 2 N–H and O–H groups in total. The molecule has 2 atom stereocenters. The van der Waals surface area contributed by atoms with Crippen molar-refractivity contribution in [1.82, 2.24) is 14.9 Å². The second-order valence-electron chi connectivity index (χ2n) is 8.84. The van der Waals surface area contributed by atoms with Crippen LogP contribution in [0.1, 0.15) is 48.9 Å². The van der Waals surface area contributed by atoms with Crippen LogP contribution in [0.4, 0.5) is 0 Å². The highest BCUT2D eigenvalue weighted by molar-refractivity contribution is 7.89. The number of nitrogens with one attached hydrogen (secondary N) is 2. The molecule has 1 saturated carbocycles. The Balaban J connectivity index is 1.32. The average Bonchev–Trinajstić information content (AvgIpc) is 2.86. The lowest BCUT2D eigenvalue weighted by atomic mass is 9.88. The van der Waals surface area contributed by atoms with Gasteiger partial charge in [-0.25, -0.2) is 8.42 Å². The number of carbonyl (C=O) groups is 2. The Hall–Kier alpha value is -2.71. The van der Waals surface area contributed by atoms with Crippen LogP contribution in [0.5, 0.6) is 0 Å². The van der Waals surface area contributed by atoms with Crippen LogP contribution < -0.4 is 10.6 Å². The van der Waals surface area contributed by atoms with Gasteiger partial charge in [0.25, 0.3) is 5.91 Å². The standard InChI is InChI=1S/C25H31N3O4S/c29-24(19-9-3-1-4-10-19)26-22-13-7-8-14-23(22)27-25(30)20-15-17-28(18-16-20)33(31,32)21-11-5-2-6-12-21/h1-6,9-12,20,22-23H,7-8,13-18H2,(H,26,29)(H,27,30)/t22-,23-/m1/s1. The minimum absolute atomic E-state index is 0.0439. The van der Waals surface area contributed by atoms with E-state index in [1.54, 1.807) is 42.5 Å². The van der Waals surface area contributed by atoms with Crippen molar-refractivity contribution in [3.8, 4) is 0 Å². The van der Waals surface area contributed by atoms with Crippen molar-refractivity contribution in [1.29, 1.82) is 0 Å². The predicted octanol–water partition coefficient (Wildman–Crippen LogP) is 2.94. The first-order valence-corrected chi connectivity index (χ1v) is 13.1. The maximum atomic E-state index is 13.0. The molecule has 1 saturated heterocycles. The van der Waals surface area contributed by atoms with E-state index in [0.29, 0.717) is 31.5 Å². The lowest BCUT2D eigenvalue weighted by molar-refractivity contribution is -0.127. The number of piperidine rings is 1. The van der Waals surface area contributed by atoms with Crippen LogP contribution in [0.25, 0.3) is 0 Å². The number of hydrogen-bond acceptors (Lipinski definition) is 4. The number of hydrogen-bond donors (Lipinski definition) is 2. The van der Waals surface area contributed by atoms with E-state index >= 15 is 0 Å². The second-order valence-corrected chi connectivity index (χ2v) is 10.8. The number of rotatable bonds is 6. The smallest absolute Gasteiger partial charge is 0.251 e.